The van der Waals surface area contributed by atoms with Crippen molar-refractivity contribution in [3.63, 3.8) is 0 Å². The van der Waals surface area contributed by atoms with Gasteiger partial charge in [-0.15, -0.1) is 10.2 Å². The largest absolute Gasteiger partial charge is 0.494 e. The standard InChI is InChI=1S/C22H23N3O4S/c1-2-28-18-10-8-17(9-11-18)20-23-24-22(29-20)30-19(16-6-4-3-5-7-16)21(26)25-12-14-27-15-13-25/h3-11,19H,2,12-15H2,1H3. The molecule has 1 amide bonds. The molecule has 156 valence electrons. The smallest absolute Gasteiger partial charge is 0.277 e. The first-order valence-electron chi connectivity index (χ1n) is 9.89. The maximum absolute atomic E-state index is 13.2. The molecule has 0 radical (unpaired) electrons. The van der Waals surface area contributed by atoms with Crippen LogP contribution in [0.4, 0.5) is 0 Å². The molecule has 0 aliphatic carbocycles. The average Bonchev–Trinajstić information content (AvgIpc) is 3.28. The van der Waals surface area contributed by atoms with Crippen LogP contribution in [0.2, 0.25) is 0 Å². The fourth-order valence-corrected chi connectivity index (χ4v) is 4.13. The maximum atomic E-state index is 13.2. The molecule has 7 nitrogen and oxygen atoms in total. The highest BCUT2D eigenvalue weighted by molar-refractivity contribution is 8.00. The van der Waals surface area contributed by atoms with Gasteiger partial charge in [0.15, 0.2) is 0 Å². The Labute approximate surface area is 179 Å². The Morgan fingerprint density at radius 1 is 1.10 bits per heavy atom. The van der Waals surface area contributed by atoms with Crippen LogP contribution < -0.4 is 4.74 Å². The number of carbonyl (C=O) groups is 1. The first kappa shape index (κ1) is 20.4. The maximum Gasteiger partial charge on any atom is 0.277 e. The van der Waals surface area contributed by atoms with Gasteiger partial charge in [0.25, 0.3) is 5.22 Å². The number of hydrogen-bond donors (Lipinski definition) is 0. The summed E-state index contributed by atoms with van der Waals surface area (Å²) in [6.07, 6.45) is 0. The van der Waals surface area contributed by atoms with Crippen molar-refractivity contribution in [1.29, 1.82) is 0 Å². The van der Waals surface area contributed by atoms with Gasteiger partial charge < -0.3 is 18.8 Å². The number of hydrogen-bond acceptors (Lipinski definition) is 7. The van der Waals surface area contributed by atoms with Gasteiger partial charge in [0, 0.05) is 18.7 Å². The fraction of sp³-hybridized carbons (Fsp3) is 0.318. The van der Waals surface area contributed by atoms with Crippen LogP contribution in [0.5, 0.6) is 5.75 Å². The Morgan fingerprint density at radius 3 is 2.53 bits per heavy atom. The number of rotatable bonds is 7. The van der Waals surface area contributed by atoms with Crippen LogP contribution in [-0.4, -0.2) is 53.9 Å². The van der Waals surface area contributed by atoms with Gasteiger partial charge in [-0.3, -0.25) is 4.79 Å². The zero-order valence-corrected chi connectivity index (χ0v) is 17.5. The molecule has 4 rings (SSSR count). The number of morpholine rings is 1. The molecule has 2 heterocycles. The molecular weight excluding hydrogens is 402 g/mol. The minimum Gasteiger partial charge on any atom is -0.494 e. The van der Waals surface area contributed by atoms with Gasteiger partial charge in [0.05, 0.1) is 19.8 Å². The van der Waals surface area contributed by atoms with Gasteiger partial charge >= 0.3 is 0 Å². The lowest BCUT2D eigenvalue weighted by Gasteiger charge is -2.29. The Balaban J connectivity index is 1.54. The lowest BCUT2D eigenvalue weighted by Crippen LogP contribution is -2.42. The minimum absolute atomic E-state index is 0.0234. The summed E-state index contributed by atoms with van der Waals surface area (Å²) >= 11 is 1.27. The number of benzene rings is 2. The summed E-state index contributed by atoms with van der Waals surface area (Å²) in [4.78, 5) is 15.1. The fourth-order valence-electron chi connectivity index (χ4n) is 3.17. The third-order valence-corrected chi connectivity index (χ3v) is 5.76. The number of carbonyl (C=O) groups excluding carboxylic acids is 1. The molecule has 3 aromatic rings. The molecule has 0 spiro atoms. The van der Waals surface area contributed by atoms with Crippen molar-refractivity contribution in [3.05, 3.63) is 60.2 Å². The summed E-state index contributed by atoms with van der Waals surface area (Å²) in [7, 11) is 0. The van der Waals surface area contributed by atoms with Crippen LogP contribution in [0.15, 0.2) is 64.2 Å². The number of thioether (sulfide) groups is 1. The van der Waals surface area contributed by atoms with E-state index in [1.54, 1.807) is 0 Å². The molecular formula is C22H23N3O4S. The zero-order valence-electron chi connectivity index (χ0n) is 16.7. The second-order valence-electron chi connectivity index (χ2n) is 6.68. The van der Waals surface area contributed by atoms with Crippen LogP contribution in [-0.2, 0) is 9.53 Å². The molecule has 0 saturated carbocycles. The SMILES string of the molecule is CCOc1ccc(-c2nnc(SC(C(=O)N3CCOCC3)c3ccccc3)o2)cc1. The zero-order chi connectivity index (χ0) is 20.8. The highest BCUT2D eigenvalue weighted by Gasteiger charge is 2.30. The summed E-state index contributed by atoms with van der Waals surface area (Å²) in [6.45, 7) is 4.84. The first-order chi connectivity index (χ1) is 14.7. The Bertz CT molecular complexity index is 956. The average molecular weight is 426 g/mol. The number of amides is 1. The van der Waals surface area contributed by atoms with Crippen molar-refractivity contribution in [2.45, 2.75) is 17.4 Å². The van der Waals surface area contributed by atoms with Gasteiger partial charge in [-0.05, 0) is 48.5 Å². The number of aromatic nitrogens is 2. The highest BCUT2D eigenvalue weighted by atomic mass is 32.2. The van der Waals surface area contributed by atoms with Gasteiger partial charge in [0.2, 0.25) is 11.8 Å². The number of ether oxygens (including phenoxy) is 2. The summed E-state index contributed by atoms with van der Waals surface area (Å²) < 4.78 is 16.7. The molecule has 0 bridgehead atoms. The van der Waals surface area contributed by atoms with E-state index < -0.39 is 5.25 Å². The van der Waals surface area contributed by atoms with Crippen molar-refractivity contribution in [3.8, 4) is 17.2 Å². The van der Waals surface area contributed by atoms with Crippen molar-refractivity contribution >= 4 is 17.7 Å². The molecule has 8 heteroatoms. The third-order valence-electron chi connectivity index (χ3n) is 4.69. The van der Waals surface area contributed by atoms with E-state index in [1.165, 1.54) is 11.8 Å². The Morgan fingerprint density at radius 2 is 1.83 bits per heavy atom. The second-order valence-corrected chi connectivity index (χ2v) is 7.73. The van der Waals surface area contributed by atoms with E-state index in [4.69, 9.17) is 13.9 Å². The molecule has 1 aliphatic heterocycles. The van der Waals surface area contributed by atoms with Gasteiger partial charge in [-0.2, -0.15) is 0 Å². The van der Waals surface area contributed by atoms with E-state index in [9.17, 15) is 4.79 Å². The van der Waals surface area contributed by atoms with Gasteiger partial charge in [-0.25, -0.2) is 0 Å². The van der Waals surface area contributed by atoms with Crippen molar-refractivity contribution < 1.29 is 18.7 Å². The van der Waals surface area contributed by atoms with Crippen LogP contribution in [0, 0.1) is 0 Å². The molecule has 1 aliphatic rings. The molecule has 1 unspecified atom stereocenters. The van der Waals surface area contributed by atoms with Crippen LogP contribution in [0.25, 0.3) is 11.5 Å². The molecule has 1 saturated heterocycles. The van der Waals surface area contributed by atoms with Crippen molar-refractivity contribution in [2.75, 3.05) is 32.9 Å². The van der Waals surface area contributed by atoms with E-state index >= 15 is 0 Å². The topological polar surface area (TPSA) is 77.7 Å². The van der Waals surface area contributed by atoms with Crippen molar-refractivity contribution in [2.24, 2.45) is 0 Å². The highest BCUT2D eigenvalue weighted by Crippen LogP contribution is 2.37. The molecule has 1 atom stereocenters. The van der Waals surface area contributed by atoms with E-state index in [-0.39, 0.29) is 5.91 Å². The summed E-state index contributed by atoms with van der Waals surface area (Å²) in [6, 6.07) is 17.2. The molecule has 1 fully saturated rings. The normalized spacial score (nSPS) is 15.0. The van der Waals surface area contributed by atoms with Crippen LogP contribution >= 0.6 is 11.8 Å². The molecule has 0 N–H and O–H groups in total. The van der Waals surface area contributed by atoms with Crippen LogP contribution in [0.3, 0.4) is 0 Å². The predicted molar refractivity (Wildman–Crippen MR) is 113 cm³/mol. The summed E-state index contributed by atoms with van der Waals surface area (Å²) in [5.41, 5.74) is 1.70. The molecule has 1 aromatic heterocycles. The van der Waals surface area contributed by atoms with Gasteiger partial charge in [0.1, 0.15) is 11.0 Å². The molecule has 30 heavy (non-hydrogen) atoms. The summed E-state index contributed by atoms with van der Waals surface area (Å²) in [5.74, 6) is 1.22. The first-order valence-corrected chi connectivity index (χ1v) is 10.8. The predicted octanol–water partition coefficient (Wildman–Crippen LogP) is 3.83. The minimum atomic E-state index is -0.460. The Kier molecular flexibility index (Phi) is 6.66. The number of nitrogens with zero attached hydrogens (tertiary/aromatic N) is 3. The van der Waals surface area contributed by atoms with Crippen molar-refractivity contribution in [1.82, 2.24) is 15.1 Å². The van der Waals surface area contributed by atoms with E-state index in [1.807, 2.05) is 66.4 Å². The van der Waals surface area contributed by atoms with E-state index in [2.05, 4.69) is 10.2 Å². The monoisotopic (exact) mass is 425 g/mol. The Hall–Kier alpha value is -2.84. The lowest BCUT2D eigenvalue weighted by atomic mass is 10.1. The molecule has 2 aromatic carbocycles. The van der Waals surface area contributed by atoms with Gasteiger partial charge in [-0.1, -0.05) is 30.3 Å². The quantitative estimate of drug-likeness (QED) is 0.533. The van der Waals surface area contributed by atoms with E-state index in [0.29, 0.717) is 44.0 Å². The third kappa shape index (κ3) is 4.83. The second kappa shape index (κ2) is 9.77. The summed E-state index contributed by atoms with van der Waals surface area (Å²) in [5, 5.41) is 8.22. The van der Waals surface area contributed by atoms with E-state index in [0.717, 1.165) is 16.9 Å². The lowest BCUT2D eigenvalue weighted by molar-refractivity contribution is -0.134. The van der Waals surface area contributed by atoms with Crippen LogP contribution in [0.1, 0.15) is 17.7 Å².